The van der Waals surface area contributed by atoms with E-state index < -0.39 is 0 Å². The predicted octanol–water partition coefficient (Wildman–Crippen LogP) is 16.0. The summed E-state index contributed by atoms with van der Waals surface area (Å²) in [4.78, 5) is 2.40. The van der Waals surface area contributed by atoms with Crippen LogP contribution in [0.15, 0.2) is 229 Å². The topological polar surface area (TPSA) is 16.4 Å². The lowest BCUT2D eigenvalue weighted by molar-refractivity contribution is 0.669. The number of rotatable bonds is 7. The standard InChI is InChI=1S/C56H37NO/c1-3-12-38(13-4-1)39-22-24-40(25-23-39)41-26-30-46(31-27-41)57(53-20-9-7-17-50(53)42-14-5-2-6-15-42)47-32-34-49-43(37-47)16-11-19-48(49)44-28-33-51-45(36-44)29-35-55-56(51)52-18-8-10-21-54(52)58-55/h1-37H. The maximum Gasteiger partial charge on any atom is 0.136 e. The minimum Gasteiger partial charge on any atom is -0.456 e. The average Bonchev–Trinajstić information content (AvgIpc) is 3.69. The Hall–Kier alpha value is -7.68. The van der Waals surface area contributed by atoms with Gasteiger partial charge in [0, 0.05) is 27.7 Å². The Kier molecular flexibility index (Phi) is 8.19. The summed E-state index contributed by atoms with van der Waals surface area (Å²) in [7, 11) is 0. The van der Waals surface area contributed by atoms with Gasteiger partial charge in [0.2, 0.25) is 0 Å². The number of hydrogen-bond acceptors (Lipinski definition) is 2. The normalized spacial score (nSPS) is 11.4. The quantitative estimate of drug-likeness (QED) is 0.162. The van der Waals surface area contributed by atoms with Crippen LogP contribution < -0.4 is 4.90 Å². The van der Waals surface area contributed by atoms with Gasteiger partial charge in [-0.3, -0.25) is 0 Å². The van der Waals surface area contributed by atoms with Gasteiger partial charge in [0.15, 0.2) is 0 Å². The van der Waals surface area contributed by atoms with Crippen molar-refractivity contribution in [1.29, 1.82) is 0 Å². The molecule has 0 N–H and O–H groups in total. The van der Waals surface area contributed by atoms with E-state index in [2.05, 4.69) is 217 Å². The Labute approximate surface area is 337 Å². The smallest absolute Gasteiger partial charge is 0.136 e. The highest BCUT2D eigenvalue weighted by molar-refractivity contribution is 6.19. The number of nitrogens with zero attached hydrogens (tertiary/aromatic N) is 1. The van der Waals surface area contributed by atoms with E-state index in [1.165, 1.54) is 71.4 Å². The minimum absolute atomic E-state index is 0.920. The van der Waals surface area contributed by atoms with Crippen molar-refractivity contribution in [2.24, 2.45) is 0 Å². The van der Waals surface area contributed by atoms with Crippen molar-refractivity contribution in [2.75, 3.05) is 4.90 Å². The Balaban J connectivity index is 1.00. The number of hydrogen-bond donors (Lipinski definition) is 0. The summed E-state index contributed by atoms with van der Waals surface area (Å²) < 4.78 is 6.20. The summed E-state index contributed by atoms with van der Waals surface area (Å²) in [6.07, 6.45) is 0. The fourth-order valence-corrected chi connectivity index (χ4v) is 8.63. The molecule has 0 amide bonds. The number of furan rings is 1. The lowest BCUT2D eigenvalue weighted by atomic mass is 9.94. The molecule has 2 heteroatoms. The zero-order chi connectivity index (χ0) is 38.4. The fourth-order valence-electron chi connectivity index (χ4n) is 8.63. The SMILES string of the molecule is c1ccc(-c2ccc(-c3ccc(N(c4ccc5c(-c6ccc7c(ccc8oc9ccccc9c87)c6)cccc5c4)c4ccccc4-c4ccccc4)cc3)cc2)cc1. The third-order valence-electron chi connectivity index (χ3n) is 11.5. The van der Waals surface area contributed by atoms with E-state index in [0.29, 0.717) is 0 Å². The third-order valence-corrected chi connectivity index (χ3v) is 11.5. The van der Waals surface area contributed by atoms with Gasteiger partial charge >= 0.3 is 0 Å². The predicted molar refractivity (Wildman–Crippen MR) is 245 cm³/mol. The first-order chi connectivity index (χ1) is 28.7. The van der Waals surface area contributed by atoms with Crippen LogP contribution in [-0.2, 0) is 0 Å². The summed E-state index contributed by atoms with van der Waals surface area (Å²) in [5.41, 5.74) is 14.7. The molecule has 272 valence electrons. The average molecular weight is 740 g/mol. The van der Waals surface area contributed by atoms with E-state index in [0.717, 1.165) is 33.6 Å². The van der Waals surface area contributed by atoms with Crippen LogP contribution in [-0.4, -0.2) is 0 Å². The van der Waals surface area contributed by atoms with E-state index in [1.54, 1.807) is 0 Å². The highest BCUT2D eigenvalue weighted by Crippen LogP contribution is 2.43. The Bertz CT molecular complexity index is 3250. The van der Waals surface area contributed by atoms with Crippen LogP contribution in [0.3, 0.4) is 0 Å². The van der Waals surface area contributed by atoms with Crippen LogP contribution in [0.2, 0.25) is 0 Å². The molecule has 0 fully saturated rings. The van der Waals surface area contributed by atoms with E-state index in [1.807, 2.05) is 12.1 Å². The van der Waals surface area contributed by atoms with Crippen LogP contribution in [0.4, 0.5) is 17.1 Å². The van der Waals surface area contributed by atoms with Gasteiger partial charge in [0.25, 0.3) is 0 Å². The molecular weight excluding hydrogens is 703 g/mol. The van der Waals surface area contributed by atoms with Crippen molar-refractivity contribution < 1.29 is 4.42 Å². The second kappa shape index (κ2) is 14.1. The van der Waals surface area contributed by atoms with Crippen LogP contribution >= 0.6 is 0 Å². The molecule has 0 aliphatic heterocycles. The zero-order valence-electron chi connectivity index (χ0n) is 31.7. The van der Waals surface area contributed by atoms with Crippen molar-refractivity contribution in [1.82, 2.24) is 0 Å². The van der Waals surface area contributed by atoms with E-state index in [-0.39, 0.29) is 0 Å². The molecular formula is C56H37NO. The monoisotopic (exact) mass is 739 g/mol. The molecule has 1 aromatic heterocycles. The van der Waals surface area contributed by atoms with E-state index in [9.17, 15) is 0 Å². The number of anilines is 3. The molecule has 58 heavy (non-hydrogen) atoms. The van der Waals surface area contributed by atoms with E-state index in [4.69, 9.17) is 4.42 Å². The second-order valence-electron chi connectivity index (χ2n) is 14.9. The van der Waals surface area contributed by atoms with Gasteiger partial charge in [-0.2, -0.15) is 0 Å². The summed E-state index contributed by atoms with van der Waals surface area (Å²) in [5, 5.41) is 7.13. The summed E-state index contributed by atoms with van der Waals surface area (Å²) >= 11 is 0. The molecule has 0 saturated heterocycles. The summed E-state index contributed by atoms with van der Waals surface area (Å²) in [6.45, 7) is 0. The maximum atomic E-state index is 6.20. The number of para-hydroxylation sites is 2. The second-order valence-corrected chi connectivity index (χ2v) is 14.9. The van der Waals surface area contributed by atoms with Gasteiger partial charge in [-0.15, -0.1) is 0 Å². The van der Waals surface area contributed by atoms with Gasteiger partial charge in [0.05, 0.1) is 5.69 Å². The van der Waals surface area contributed by atoms with Gasteiger partial charge in [-0.05, 0) is 109 Å². The Morgan fingerprint density at radius 3 is 1.64 bits per heavy atom. The molecule has 0 atom stereocenters. The molecule has 0 aliphatic rings. The van der Waals surface area contributed by atoms with Crippen molar-refractivity contribution in [3.05, 3.63) is 224 Å². The minimum atomic E-state index is 0.920. The lowest BCUT2D eigenvalue weighted by Gasteiger charge is -2.28. The molecule has 2 nitrogen and oxygen atoms in total. The van der Waals surface area contributed by atoms with Crippen molar-refractivity contribution in [3.63, 3.8) is 0 Å². The van der Waals surface area contributed by atoms with Crippen LogP contribution in [0.25, 0.3) is 88.0 Å². The molecule has 0 bridgehead atoms. The number of fused-ring (bicyclic) bond motifs is 6. The summed E-state index contributed by atoms with van der Waals surface area (Å²) in [5.74, 6) is 0. The molecule has 0 unspecified atom stereocenters. The molecule has 0 saturated carbocycles. The van der Waals surface area contributed by atoms with Gasteiger partial charge in [0.1, 0.15) is 11.2 Å². The highest BCUT2D eigenvalue weighted by atomic mass is 16.3. The Morgan fingerprint density at radius 1 is 0.293 bits per heavy atom. The van der Waals surface area contributed by atoms with Crippen LogP contribution in [0, 0.1) is 0 Å². The molecule has 11 rings (SSSR count). The first kappa shape index (κ1) is 33.6. The van der Waals surface area contributed by atoms with Crippen molar-refractivity contribution in [2.45, 2.75) is 0 Å². The molecule has 0 spiro atoms. The third kappa shape index (κ3) is 5.91. The molecule has 0 aliphatic carbocycles. The largest absolute Gasteiger partial charge is 0.456 e. The number of benzene rings is 10. The summed E-state index contributed by atoms with van der Waals surface area (Å²) in [6, 6.07) is 80.7. The van der Waals surface area contributed by atoms with Gasteiger partial charge in [-0.25, -0.2) is 0 Å². The molecule has 1 heterocycles. The Morgan fingerprint density at radius 2 is 0.862 bits per heavy atom. The van der Waals surface area contributed by atoms with Crippen molar-refractivity contribution >= 4 is 60.5 Å². The first-order valence-electron chi connectivity index (χ1n) is 19.8. The molecule has 0 radical (unpaired) electrons. The van der Waals surface area contributed by atoms with Gasteiger partial charge < -0.3 is 9.32 Å². The highest BCUT2D eigenvalue weighted by Gasteiger charge is 2.19. The molecule has 11 aromatic rings. The fraction of sp³-hybridized carbons (Fsp3) is 0. The van der Waals surface area contributed by atoms with Crippen molar-refractivity contribution in [3.8, 4) is 44.5 Å². The van der Waals surface area contributed by atoms with Crippen LogP contribution in [0.5, 0.6) is 0 Å². The molecule has 10 aromatic carbocycles. The lowest BCUT2D eigenvalue weighted by Crippen LogP contribution is -2.11. The first-order valence-corrected chi connectivity index (χ1v) is 19.8. The zero-order valence-corrected chi connectivity index (χ0v) is 31.7. The van der Waals surface area contributed by atoms with Gasteiger partial charge in [-0.1, -0.05) is 176 Å². The van der Waals surface area contributed by atoms with E-state index >= 15 is 0 Å². The maximum absolute atomic E-state index is 6.20. The van der Waals surface area contributed by atoms with Crippen LogP contribution in [0.1, 0.15) is 0 Å².